The zero-order valence-electron chi connectivity index (χ0n) is 20.3. The molecule has 1 saturated heterocycles. The summed E-state index contributed by atoms with van der Waals surface area (Å²) in [6.45, 7) is 5.26. The fourth-order valence-electron chi connectivity index (χ4n) is 4.78. The minimum atomic E-state index is -2.62. The second kappa shape index (κ2) is 9.04. The number of pyridine rings is 1. The maximum atomic E-state index is 13.4. The van der Waals surface area contributed by atoms with Crippen LogP contribution in [-0.2, 0) is 0 Å². The van der Waals surface area contributed by atoms with Gasteiger partial charge >= 0.3 is 223 Å². The molecule has 0 radical (unpaired) electrons. The second-order valence-electron chi connectivity index (χ2n) is 10.6. The van der Waals surface area contributed by atoms with E-state index in [1.54, 1.807) is 0 Å². The molecule has 3 aromatic rings. The molecule has 0 bridgehead atoms. The van der Waals surface area contributed by atoms with Gasteiger partial charge in [0.05, 0.1) is 0 Å². The van der Waals surface area contributed by atoms with E-state index >= 15 is 0 Å². The van der Waals surface area contributed by atoms with E-state index in [0.29, 0.717) is 17.7 Å². The van der Waals surface area contributed by atoms with Gasteiger partial charge in [0.1, 0.15) is 0 Å². The first kappa shape index (κ1) is 24.8. The van der Waals surface area contributed by atoms with E-state index in [-0.39, 0.29) is 22.1 Å². The van der Waals surface area contributed by atoms with Crippen molar-refractivity contribution in [1.29, 1.82) is 10.5 Å². The van der Waals surface area contributed by atoms with Crippen LogP contribution in [0.3, 0.4) is 0 Å². The molecule has 2 saturated carbocycles. The van der Waals surface area contributed by atoms with E-state index in [1.165, 1.54) is 11.9 Å². The summed E-state index contributed by atoms with van der Waals surface area (Å²) in [6, 6.07) is 8.37. The quantitative estimate of drug-likeness (QED) is 0.316. The van der Waals surface area contributed by atoms with Gasteiger partial charge in [-0.05, 0) is 0 Å². The van der Waals surface area contributed by atoms with Crippen molar-refractivity contribution in [3.8, 4) is 22.3 Å². The number of piperazine rings is 1. The fraction of sp³-hybridized carbons (Fsp3) is 0.542. The molecule has 4 heterocycles. The monoisotopic (exact) mass is 589 g/mol. The van der Waals surface area contributed by atoms with Gasteiger partial charge in [-0.2, -0.15) is 0 Å². The van der Waals surface area contributed by atoms with Crippen LogP contribution in [0.5, 0.6) is 0 Å². The molecule has 3 aromatic heterocycles. The molecular weight excluding hydrogens is 563 g/mol. The van der Waals surface area contributed by atoms with E-state index in [4.69, 9.17) is 5.10 Å². The molecule has 2 N–H and O–H groups in total. The number of aromatic nitrogens is 4. The van der Waals surface area contributed by atoms with E-state index in [0.717, 1.165) is 53.2 Å². The Morgan fingerprint density at radius 2 is 2.03 bits per heavy atom. The van der Waals surface area contributed by atoms with Crippen molar-refractivity contribution in [3.05, 3.63) is 22.4 Å². The molecule has 0 spiro atoms. The summed E-state index contributed by atoms with van der Waals surface area (Å²) in [4.78, 5) is 3.05. The first-order chi connectivity index (χ1) is 17.7. The van der Waals surface area contributed by atoms with Gasteiger partial charge in [0.2, 0.25) is 0 Å². The van der Waals surface area contributed by atoms with Crippen LogP contribution in [0.2, 0.25) is 0 Å². The average molecular weight is 589 g/mol. The Morgan fingerprint density at radius 3 is 2.65 bits per heavy atom. The molecule has 9 nitrogen and oxygen atoms in total. The Balaban J connectivity index is 1.51. The molecule has 192 valence electrons. The zero-order valence-corrected chi connectivity index (χ0v) is 22.9. The van der Waals surface area contributed by atoms with Crippen LogP contribution in [0, 0.1) is 22.7 Å². The topological polar surface area (TPSA) is 118 Å². The van der Waals surface area contributed by atoms with Crippen molar-refractivity contribution in [1.82, 2.24) is 29.9 Å². The van der Waals surface area contributed by atoms with Gasteiger partial charge in [0, 0.05) is 0 Å². The number of alkyl halides is 2. The van der Waals surface area contributed by atoms with Crippen molar-refractivity contribution in [3.63, 3.8) is 0 Å². The third-order valence-electron chi connectivity index (χ3n) is 6.88. The number of hydrogen-bond acceptors (Lipinski definition) is 9. The van der Waals surface area contributed by atoms with Gasteiger partial charge in [0.15, 0.2) is 0 Å². The normalized spacial score (nSPS) is 22.2. The van der Waals surface area contributed by atoms with Crippen LogP contribution >= 0.6 is 11.9 Å². The second-order valence-corrected chi connectivity index (χ2v) is 13.6. The molecule has 2 aliphatic carbocycles. The molecule has 1 unspecified atom stereocenters. The number of fused-ring (bicyclic) bond motifs is 1. The van der Waals surface area contributed by atoms with Crippen LogP contribution in [-0.4, -0.2) is 64.5 Å². The Hall–Kier alpha value is -2.54. The van der Waals surface area contributed by atoms with E-state index in [1.807, 2.05) is 16.6 Å². The molecular formula is C24H25F2N9SSe. The molecule has 1 aliphatic heterocycles. The van der Waals surface area contributed by atoms with Gasteiger partial charge in [-0.3, -0.25) is 0 Å². The van der Waals surface area contributed by atoms with Crippen molar-refractivity contribution < 1.29 is 8.78 Å². The Labute approximate surface area is 223 Å². The van der Waals surface area contributed by atoms with Gasteiger partial charge in [0.25, 0.3) is 0 Å². The van der Waals surface area contributed by atoms with Crippen LogP contribution in [0.25, 0.3) is 15.6 Å². The number of hydrogen-bond donors (Lipinski definition) is 2. The number of rotatable bonds is 7. The predicted molar refractivity (Wildman–Crippen MR) is 135 cm³/mol. The molecule has 3 fully saturated rings. The van der Waals surface area contributed by atoms with Gasteiger partial charge < -0.3 is 0 Å². The van der Waals surface area contributed by atoms with E-state index in [2.05, 4.69) is 51.1 Å². The summed E-state index contributed by atoms with van der Waals surface area (Å²) < 4.78 is 32.5. The average Bonchev–Trinajstić information content (AvgIpc) is 3.78. The van der Waals surface area contributed by atoms with E-state index < -0.39 is 26.5 Å². The number of anilines is 1. The van der Waals surface area contributed by atoms with Gasteiger partial charge in [-0.1, -0.05) is 0 Å². The summed E-state index contributed by atoms with van der Waals surface area (Å²) >= 11 is 0.724. The standard InChI is InChI=1S/C24H25F2N9SSe/c1-23(2)12-34(10-14(9-27)29-23)17-8-15(36-33-24(11-28)5-6-24)7-16-18(19(13-3-4-13)32-35(16)17)21-30-31-22(37-21)20(25)26/h7-8,13-14,20,29,33H,3-6,10,12H2,1-2H3. The summed E-state index contributed by atoms with van der Waals surface area (Å²) in [7, 11) is 0. The SMILES string of the molecule is CC1(C)CN(c2cc(SNC3(C#N)CC3)cc3c(-c4nnc(C(F)F)[se]4)c(C4CC4)nn23)CC(C#N)N1. The van der Waals surface area contributed by atoms with Crippen LogP contribution < -0.4 is 14.9 Å². The number of nitrogens with zero attached hydrogens (tertiary/aromatic N) is 7. The molecule has 0 amide bonds. The van der Waals surface area contributed by atoms with Crippen LogP contribution in [0.1, 0.15) is 62.1 Å². The number of nitriles is 2. The molecule has 3 aliphatic rings. The first-order valence-corrected chi connectivity index (χ1v) is 14.7. The Kier molecular flexibility index (Phi) is 6.05. The Morgan fingerprint density at radius 1 is 1.24 bits per heavy atom. The summed E-state index contributed by atoms with van der Waals surface area (Å²) in [5.41, 5.74) is 1.66. The molecule has 1 atom stereocenters. The molecule has 0 aromatic carbocycles. The maximum absolute atomic E-state index is 13.4. The van der Waals surface area contributed by atoms with Crippen LogP contribution in [0.15, 0.2) is 17.0 Å². The van der Waals surface area contributed by atoms with Crippen molar-refractivity contribution in [2.45, 2.75) is 73.9 Å². The summed E-state index contributed by atoms with van der Waals surface area (Å²) in [6.07, 6.45) is 0.988. The number of nitrogens with one attached hydrogen (secondary N) is 2. The van der Waals surface area contributed by atoms with Gasteiger partial charge in [-0.15, -0.1) is 0 Å². The van der Waals surface area contributed by atoms with E-state index in [9.17, 15) is 19.3 Å². The van der Waals surface area contributed by atoms with Crippen LogP contribution in [0.4, 0.5) is 14.6 Å². The number of halogens is 2. The predicted octanol–water partition coefficient (Wildman–Crippen LogP) is 3.40. The zero-order chi connectivity index (χ0) is 25.9. The Bertz CT molecular complexity index is 1440. The molecule has 6 rings (SSSR count). The van der Waals surface area contributed by atoms with Gasteiger partial charge in [-0.25, -0.2) is 0 Å². The minimum absolute atomic E-state index is 0.165. The molecule has 37 heavy (non-hydrogen) atoms. The van der Waals surface area contributed by atoms with Crippen molar-refractivity contribution >= 4 is 37.8 Å². The third-order valence-corrected chi connectivity index (χ3v) is 9.84. The summed E-state index contributed by atoms with van der Waals surface area (Å²) in [5.74, 6) is 1.10. The molecule has 13 heteroatoms. The third kappa shape index (κ3) is 4.75. The summed E-state index contributed by atoms with van der Waals surface area (Å²) in [5, 5.41) is 35.6. The van der Waals surface area contributed by atoms with Crippen molar-refractivity contribution in [2.24, 2.45) is 0 Å². The van der Waals surface area contributed by atoms with Crippen molar-refractivity contribution in [2.75, 3.05) is 18.0 Å². The first-order valence-electron chi connectivity index (χ1n) is 12.2. The fourth-order valence-corrected chi connectivity index (χ4v) is 7.28.